The van der Waals surface area contributed by atoms with Crippen molar-refractivity contribution >= 4 is 5.57 Å². The van der Waals surface area contributed by atoms with Crippen molar-refractivity contribution in [2.75, 3.05) is 0 Å². The molecule has 2 aliphatic rings. The fraction of sp³-hybridized carbons (Fsp3) is 0.459. The van der Waals surface area contributed by atoms with Gasteiger partial charge in [-0.15, -0.1) is 0 Å². The van der Waals surface area contributed by atoms with E-state index in [0.29, 0.717) is 91.2 Å². The Hall–Kier alpha value is -3.02. The van der Waals surface area contributed by atoms with Gasteiger partial charge in [0.15, 0.2) is 34.9 Å². The van der Waals surface area contributed by atoms with E-state index < -0.39 is 34.9 Å². The molecule has 43 heavy (non-hydrogen) atoms. The number of halogens is 6. The molecule has 1 unspecified atom stereocenters. The van der Waals surface area contributed by atoms with Gasteiger partial charge in [-0.05, 0) is 115 Å². The van der Waals surface area contributed by atoms with Crippen molar-refractivity contribution in [2.45, 2.75) is 109 Å². The maximum Gasteiger partial charge on any atom is 0.166 e. The number of hydrogen-bond acceptors (Lipinski definition) is 0. The molecule has 0 heterocycles. The number of unbranched alkanes of at least 4 members (excludes halogenated alkanes) is 2. The number of benzene rings is 3. The van der Waals surface area contributed by atoms with Crippen LogP contribution in [0.3, 0.4) is 0 Å². The standard InChI is InChI=1S/C37H40F6/c1-3-5-6-7-27-17-19-29(35(41)33(27)39)24-10-14-26(15-11-24)31-21-20-30(36(42)37(31)43)25-12-8-23(9-13-25)28-18-16-22(4-2)32(38)34(28)40/h8,16-21,24-26H,3-7,9-15H2,1-2H3. The average Bonchev–Trinajstić information content (AvgIpc) is 3.02. The highest BCUT2D eigenvalue weighted by atomic mass is 19.2. The molecule has 2 aliphatic carbocycles. The first-order valence-corrected chi connectivity index (χ1v) is 15.9. The summed E-state index contributed by atoms with van der Waals surface area (Å²) < 4.78 is 89.5. The molecular formula is C37H40F6. The van der Waals surface area contributed by atoms with Crippen molar-refractivity contribution in [3.63, 3.8) is 0 Å². The van der Waals surface area contributed by atoms with Crippen LogP contribution in [0.1, 0.15) is 129 Å². The van der Waals surface area contributed by atoms with Crippen LogP contribution in [0.5, 0.6) is 0 Å². The Morgan fingerprint density at radius 2 is 1.09 bits per heavy atom. The Kier molecular flexibility index (Phi) is 10.0. The molecule has 0 nitrogen and oxygen atoms in total. The summed E-state index contributed by atoms with van der Waals surface area (Å²) in [5.74, 6) is -5.49. The molecule has 0 aliphatic heterocycles. The lowest BCUT2D eigenvalue weighted by Crippen LogP contribution is -2.16. The third-order valence-electron chi connectivity index (χ3n) is 9.73. The van der Waals surface area contributed by atoms with Crippen LogP contribution in [0.2, 0.25) is 0 Å². The molecule has 0 N–H and O–H groups in total. The van der Waals surface area contributed by atoms with Crippen molar-refractivity contribution in [1.29, 1.82) is 0 Å². The summed E-state index contributed by atoms with van der Waals surface area (Å²) in [6, 6.07) is 9.93. The fourth-order valence-electron chi connectivity index (χ4n) is 7.08. The first kappa shape index (κ1) is 31.4. The highest BCUT2D eigenvalue weighted by Gasteiger charge is 2.31. The molecular weight excluding hydrogens is 558 g/mol. The van der Waals surface area contributed by atoms with Crippen LogP contribution >= 0.6 is 0 Å². The quantitative estimate of drug-likeness (QED) is 0.170. The largest absolute Gasteiger partial charge is 0.203 e. The van der Waals surface area contributed by atoms with Crippen molar-refractivity contribution in [2.24, 2.45) is 0 Å². The fourth-order valence-corrected chi connectivity index (χ4v) is 7.08. The third-order valence-corrected chi connectivity index (χ3v) is 9.73. The lowest BCUT2D eigenvalue weighted by Gasteiger charge is -2.30. The Morgan fingerprint density at radius 1 is 0.558 bits per heavy atom. The van der Waals surface area contributed by atoms with Gasteiger partial charge in [-0.3, -0.25) is 0 Å². The molecule has 0 amide bonds. The van der Waals surface area contributed by atoms with Crippen LogP contribution in [0.15, 0.2) is 42.5 Å². The van der Waals surface area contributed by atoms with E-state index >= 15 is 8.78 Å². The summed E-state index contributed by atoms with van der Waals surface area (Å²) >= 11 is 0. The van der Waals surface area contributed by atoms with Crippen molar-refractivity contribution in [3.8, 4) is 0 Å². The molecule has 6 heteroatoms. The van der Waals surface area contributed by atoms with Gasteiger partial charge in [0.25, 0.3) is 0 Å². The van der Waals surface area contributed by atoms with Crippen LogP contribution in [-0.4, -0.2) is 0 Å². The molecule has 1 saturated carbocycles. The van der Waals surface area contributed by atoms with Gasteiger partial charge in [0.1, 0.15) is 0 Å². The summed E-state index contributed by atoms with van der Waals surface area (Å²) in [7, 11) is 0. The second-order valence-corrected chi connectivity index (χ2v) is 12.3. The monoisotopic (exact) mass is 598 g/mol. The van der Waals surface area contributed by atoms with Gasteiger partial charge >= 0.3 is 0 Å². The Balaban J connectivity index is 1.24. The van der Waals surface area contributed by atoms with Crippen molar-refractivity contribution in [3.05, 3.63) is 111 Å². The lowest BCUT2D eigenvalue weighted by molar-refractivity contribution is 0.368. The lowest BCUT2D eigenvalue weighted by atomic mass is 9.75. The van der Waals surface area contributed by atoms with Crippen molar-refractivity contribution in [1.82, 2.24) is 0 Å². The van der Waals surface area contributed by atoms with Gasteiger partial charge in [0.2, 0.25) is 0 Å². The normalized spacial score (nSPS) is 20.7. The van der Waals surface area contributed by atoms with Gasteiger partial charge < -0.3 is 0 Å². The third kappa shape index (κ3) is 6.44. The SMILES string of the molecule is CCCCCc1ccc(C2CCC(c3ccc(C4CC=C(c5ccc(CC)c(F)c5F)CC4)c(F)c3F)CC2)c(F)c1F. The average molecular weight is 599 g/mol. The Labute approximate surface area is 251 Å². The second kappa shape index (κ2) is 13.7. The maximum atomic E-state index is 15.4. The molecule has 0 saturated heterocycles. The van der Waals surface area contributed by atoms with Crippen LogP contribution < -0.4 is 0 Å². The molecule has 0 aromatic heterocycles. The molecule has 1 atom stereocenters. The van der Waals surface area contributed by atoms with Crippen LogP contribution in [-0.2, 0) is 12.8 Å². The molecule has 0 radical (unpaired) electrons. The summed E-state index contributed by atoms with van der Waals surface area (Å²) in [4.78, 5) is 0. The molecule has 230 valence electrons. The molecule has 0 bridgehead atoms. The minimum Gasteiger partial charge on any atom is -0.203 e. The minimum atomic E-state index is -0.854. The highest BCUT2D eigenvalue weighted by Crippen LogP contribution is 2.44. The first-order valence-electron chi connectivity index (χ1n) is 15.9. The van der Waals surface area contributed by atoms with Crippen molar-refractivity contribution < 1.29 is 26.3 Å². The first-order chi connectivity index (χ1) is 20.7. The smallest absolute Gasteiger partial charge is 0.166 e. The zero-order valence-corrected chi connectivity index (χ0v) is 25.0. The highest BCUT2D eigenvalue weighted by molar-refractivity contribution is 5.67. The predicted octanol–water partition coefficient (Wildman–Crippen LogP) is 11.6. The number of aryl methyl sites for hydroxylation is 2. The van der Waals surface area contributed by atoms with Crippen LogP contribution in [0, 0.1) is 34.9 Å². The summed E-state index contributed by atoms with van der Waals surface area (Å²) in [5.41, 5.74) is 2.68. The molecule has 3 aromatic rings. The van der Waals surface area contributed by atoms with E-state index in [2.05, 4.69) is 6.92 Å². The van der Waals surface area contributed by atoms with Gasteiger partial charge in [-0.2, -0.15) is 0 Å². The Bertz CT molecular complexity index is 1480. The van der Waals surface area contributed by atoms with E-state index in [0.717, 1.165) is 19.3 Å². The van der Waals surface area contributed by atoms with Gasteiger partial charge in [-0.1, -0.05) is 69.2 Å². The van der Waals surface area contributed by atoms with Gasteiger partial charge in [0.05, 0.1) is 0 Å². The number of allylic oxidation sites excluding steroid dienone is 2. The van der Waals surface area contributed by atoms with E-state index in [1.54, 1.807) is 43.3 Å². The minimum absolute atomic E-state index is 0.151. The zero-order valence-electron chi connectivity index (χ0n) is 25.0. The predicted molar refractivity (Wildman–Crippen MR) is 160 cm³/mol. The molecule has 3 aromatic carbocycles. The number of rotatable bonds is 9. The van der Waals surface area contributed by atoms with E-state index in [1.165, 1.54) is 0 Å². The molecule has 1 fully saturated rings. The van der Waals surface area contributed by atoms with E-state index in [1.807, 2.05) is 6.08 Å². The van der Waals surface area contributed by atoms with Crippen LogP contribution in [0.4, 0.5) is 26.3 Å². The van der Waals surface area contributed by atoms with Crippen LogP contribution in [0.25, 0.3) is 5.57 Å². The van der Waals surface area contributed by atoms with Gasteiger partial charge in [0, 0.05) is 5.56 Å². The summed E-state index contributed by atoms with van der Waals surface area (Å²) in [6.07, 6.45) is 9.17. The Morgan fingerprint density at radius 3 is 1.65 bits per heavy atom. The maximum absolute atomic E-state index is 15.4. The zero-order chi connectivity index (χ0) is 30.7. The van der Waals surface area contributed by atoms with E-state index in [4.69, 9.17) is 0 Å². The van der Waals surface area contributed by atoms with E-state index in [-0.39, 0.29) is 23.3 Å². The summed E-state index contributed by atoms with van der Waals surface area (Å²) in [6.45, 7) is 3.83. The number of hydrogen-bond donors (Lipinski definition) is 0. The topological polar surface area (TPSA) is 0 Å². The molecule has 5 rings (SSSR count). The summed E-state index contributed by atoms with van der Waals surface area (Å²) in [5, 5.41) is 0. The molecule has 0 spiro atoms. The second-order valence-electron chi connectivity index (χ2n) is 12.3. The van der Waals surface area contributed by atoms with Gasteiger partial charge in [-0.25, -0.2) is 26.3 Å². The van der Waals surface area contributed by atoms with E-state index in [9.17, 15) is 17.6 Å².